The Morgan fingerprint density at radius 1 is 1.09 bits per heavy atom. The van der Waals surface area contributed by atoms with E-state index in [1.54, 1.807) is 16.8 Å². The summed E-state index contributed by atoms with van der Waals surface area (Å²) >= 11 is 0. The van der Waals surface area contributed by atoms with E-state index in [9.17, 15) is 22.8 Å². The maximum absolute atomic E-state index is 12.7. The molecule has 0 spiro atoms. The van der Waals surface area contributed by atoms with Gasteiger partial charge in [0.05, 0.1) is 11.6 Å². The standard InChI is InChI=1S/C25H29F3N2O4/c1-29-21(5-3-4-17-6-8-18(9-7-17)14-22(34-2)23(31)32)16-30(24(29)33)15-19-10-12-20(13-11-19)25(26,27)28/h6-13,21-22H,3-5,14-16H2,1-2H3,(H,31,32). The van der Waals surface area contributed by atoms with Crippen LogP contribution in [0.4, 0.5) is 18.0 Å². The molecule has 1 saturated heterocycles. The van der Waals surface area contributed by atoms with Crippen molar-refractivity contribution in [1.82, 2.24) is 9.80 Å². The molecular weight excluding hydrogens is 449 g/mol. The lowest BCUT2D eigenvalue weighted by Gasteiger charge is -2.17. The molecule has 2 aromatic rings. The van der Waals surface area contributed by atoms with Gasteiger partial charge in [-0.05, 0) is 48.1 Å². The normalized spacial score (nSPS) is 17.3. The minimum absolute atomic E-state index is 0.0410. The molecule has 6 nitrogen and oxygen atoms in total. The Hall–Kier alpha value is -3.07. The minimum Gasteiger partial charge on any atom is -0.479 e. The number of carboxylic acid groups (broad SMARTS) is 1. The van der Waals surface area contributed by atoms with Crippen molar-refractivity contribution in [3.8, 4) is 0 Å². The van der Waals surface area contributed by atoms with E-state index in [2.05, 4.69) is 0 Å². The van der Waals surface area contributed by atoms with E-state index in [0.717, 1.165) is 42.5 Å². The number of nitrogens with zero attached hydrogens (tertiary/aromatic N) is 2. The molecule has 0 aromatic heterocycles. The SMILES string of the molecule is COC(Cc1ccc(CCCC2CN(Cc3ccc(C(F)(F)F)cc3)C(=O)N2C)cc1)C(=O)O. The number of carbonyl (C=O) groups is 2. The van der Waals surface area contributed by atoms with Gasteiger partial charge in [0.1, 0.15) is 0 Å². The Kier molecular flexibility index (Phi) is 8.19. The number of methoxy groups -OCH3 is 1. The van der Waals surface area contributed by atoms with Crippen molar-refractivity contribution in [2.75, 3.05) is 20.7 Å². The molecule has 1 aliphatic heterocycles. The Bertz CT molecular complexity index is 977. The molecule has 2 amide bonds. The maximum atomic E-state index is 12.7. The maximum Gasteiger partial charge on any atom is 0.416 e. The monoisotopic (exact) mass is 478 g/mol. The van der Waals surface area contributed by atoms with E-state index in [4.69, 9.17) is 9.84 Å². The number of alkyl halides is 3. The smallest absolute Gasteiger partial charge is 0.416 e. The van der Waals surface area contributed by atoms with Crippen LogP contribution in [0.2, 0.25) is 0 Å². The van der Waals surface area contributed by atoms with Gasteiger partial charge in [-0.1, -0.05) is 36.4 Å². The number of amides is 2. The number of likely N-dealkylation sites (N-methyl/N-ethyl adjacent to an activating group) is 1. The molecule has 9 heteroatoms. The number of aliphatic carboxylic acids is 1. The fourth-order valence-electron chi connectivity index (χ4n) is 4.14. The third-order valence-corrected chi connectivity index (χ3v) is 6.21. The molecule has 1 fully saturated rings. The number of rotatable bonds is 10. The van der Waals surface area contributed by atoms with E-state index in [-0.39, 0.29) is 18.6 Å². The number of urea groups is 1. The summed E-state index contributed by atoms with van der Waals surface area (Å²) in [5, 5.41) is 9.09. The van der Waals surface area contributed by atoms with Gasteiger partial charge < -0.3 is 19.6 Å². The number of ether oxygens (including phenoxy) is 1. The molecule has 34 heavy (non-hydrogen) atoms. The Balaban J connectivity index is 1.48. The Labute approximate surface area is 196 Å². The molecule has 1 heterocycles. The van der Waals surface area contributed by atoms with Crippen molar-refractivity contribution in [2.45, 2.75) is 50.6 Å². The quantitative estimate of drug-likeness (QED) is 0.542. The largest absolute Gasteiger partial charge is 0.479 e. The van der Waals surface area contributed by atoms with E-state index in [1.807, 2.05) is 24.3 Å². The van der Waals surface area contributed by atoms with Gasteiger partial charge in [0.15, 0.2) is 6.10 Å². The van der Waals surface area contributed by atoms with Crippen molar-refractivity contribution < 1.29 is 32.6 Å². The summed E-state index contributed by atoms with van der Waals surface area (Å²) in [6.07, 6.45) is -2.45. The predicted molar refractivity (Wildman–Crippen MR) is 120 cm³/mol. The van der Waals surface area contributed by atoms with Crippen molar-refractivity contribution in [2.24, 2.45) is 0 Å². The number of carbonyl (C=O) groups excluding carboxylic acids is 1. The van der Waals surface area contributed by atoms with Crippen LogP contribution in [-0.2, 0) is 35.1 Å². The van der Waals surface area contributed by atoms with Crippen LogP contribution in [0.25, 0.3) is 0 Å². The number of carboxylic acids is 1. The summed E-state index contributed by atoms with van der Waals surface area (Å²) in [6, 6.07) is 12.6. The molecule has 1 aliphatic rings. The van der Waals surface area contributed by atoms with Crippen LogP contribution >= 0.6 is 0 Å². The van der Waals surface area contributed by atoms with E-state index >= 15 is 0 Å². The molecule has 1 N–H and O–H groups in total. The number of halogens is 3. The molecule has 0 bridgehead atoms. The lowest BCUT2D eigenvalue weighted by Crippen LogP contribution is -2.31. The highest BCUT2D eigenvalue weighted by Gasteiger charge is 2.34. The van der Waals surface area contributed by atoms with Gasteiger partial charge >= 0.3 is 18.2 Å². The summed E-state index contributed by atoms with van der Waals surface area (Å²) in [5.74, 6) is -0.992. The zero-order chi connectivity index (χ0) is 24.9. The van der Waals surface area contributed by atoms with Gasteiger partial charge in [-0.15, -0.1) is 0 Å². The molecule has 2 atom stereocenters. The fraction of sp³-hybridized carbons (Fsp3) is 0.440. The van der Waals surface area contributed by atoms with Gasteiger partial charge in [0, 0.05) is 33.7 Å². The van der Waals surface area contributed by atoms with E-state index in [0.29, 0.717) is 18.5 Å². The fourth-order valence-corrected chi connectivity index (χ4v) is 4.14. The van der Waals surface area contributed by atoms with Crippen molar-refractivity contribution in [1.29, 1.82) is 0 Å². The van der Waals surface area contributed by atoms with Crippen LogP contribution in [0, 0.1) is 0 Å². The summed E-state index contributed by atoms with van der Waals surface area (Å²) < 4.78 is 43.2. The first kappa shape index (κ1) is 25.6. The van der Waals surface area contributed by atoms with E-state index < -0.39 is 23.8 Å². The first-order valence-electron chi connectivity index (χ1n) is 11.1. The number of aryl methyl sites for hydroxylation is 1. The molecule has 184 valence electrons. The highest BCUT2D eigenvalue weighted by atomic mass is 19.4. The summed E-state index contributed by atoms with van der Waals surface area (Å²) in [6.45, 7) is 0.807. The Morgan fingerprint density at radius 3 is 2.24 bits per heavy atom. The average molecular weight is 479 g/mol. The highest BCUT2D eigenvalue weighted by Crippen LogP contribution is 2.29. The van der Waals surface area contributed by atoms with Crippen LogP contribution in [-0.4, -0.2) is 59.8 Å². The number of hydrogen-bond donors (Lipinski definition) is 1. The first-order chi connectivity index (χ1) is 16.1. The minimum atomic E-state index is -4.38. The molecule has 0 radical (unpaired) electrons. The van der Waals surface area contributed by atoms with Crippen LogP contribution in [0.15, 0.2) is 48.5 Å². The van der Waals surface area contributed by atoms with Crippen LogP contribution in [0.3, 0.4) is 0 Å². The third kappa shape index (κ3) is 6.50. The second-order valence-electron chi connectivity index (χ2n) is 8.60. The average Bonchev–Trinajstić information content (AvgIpc) is 3.06. The molecule has 3 rings (SSSR count). The molecule has 0 saturated carbocycles. The molecule has 2 unspecified atom stereocenters. The topological polar surface area (TPSA) is 70.1 Å². The van der Waals surface area contributed by atoms with Crippen molar-refractivity contribution in [3.05, 3.63) is 70.8 Å². The Morgan fingerprint density at radius 2 is 1.68 bits per heavy atom. The first-order valence-corrected chi connectivity index (χ1v) is 11.1. The van der Waals surface area contributed by atoms with Crippen LogP contribution < -0.4 is 0 Å². The second kappa shape index (κ2) is 10.9. The predicted octanol–water partition coefficient (Wildman–Crippen LogP) is 4.61. The van der Waals surface area contributed by atoms with Crippen LogP contribution in [0.1, 0.15) is 35.1 Å². The second-order valence-corrected chi connectivity index (χ2v) is 8.60. The zero-order valence-electron chi connectivity index (χ0n) is 19.2. The highest BCUT2D eigenvalue weighted by molar-refractivity contribution is 5.77. The summed E-state index contributed by atoms with van der Waals surface area (Å²) in [5.41, 5.74) is 1.97. The van der Waals surface area contributed by atoms with Gasteiger partial charge in [0.2, 0.25) is 0 Å². The van der Waals surface area contributed by atoms with Gasteiger partial charge in [-0.2, -0.15) is 13.2 Å². The zero-order valence-corrected chi connectivity index (χ0v) is 19.2. The summed E-state index contributed by atoms with van der Waals surface area (Å²) in [4.78, 5) is 27.1. The number of hydrogen-bond acceptors (Lipinski definition) is 3. The van der Waals surface area contributed by atoms with E-state index in [1.165, 1.54) is 19.2 Å². The van der Waals surface area contributed by atoms with Gasteiger partial charge in [0.25, 0.3) is 0 Å². The lowest BCUT2D eigenvalue weighted by atomic mass is 10.0. The lowest BCUT2D eigenvalue weighted by molar-refractivity contribution is -0.148. The van der Waals surface area contributed by atoms with Crippen molar-refractivity contribution >= 4 is 12.0 Å². The third-order valence-electron chi connectivity index (χ3n) is 6.21. The van der Waals surface area contributed by atoms with Gasteiger partial charge in [-0.25, -0.2) is 9.59 Å². The number of benzene rings is 2. The van der Waals surface area contributed by atoms with Crippen LogP contribution in [0.5, 0.6) is 0 Å². The molecule has 0 aliphatic carbocycles. The molecule has 2 aromatic carbocycles. The van der Waals surface area contributed by atoms with Gasteiger partial charge in [-0.3, -0.25) is 0 Å². The molecular formula is C25H29F3N2O4. The summed E-state index contributed by atoms with van der Waals surface area (Å²) in [7, 11) is 3.13. The van der Waals surface area contributed by atoms with Crippen molar-refractivity contribution in [3.63, 3.8) is 0 Å².